The second kappa shape index (κ2) is 21.3. The first kappa shape index (κ1) is 49.3. The molecule has 5 heterocycles. The molecule has 4 aromatic carbocycles. The number of nitrogens with zero attached hydrogens (tertiary/aromatic N) is 8. The van der Waals surface area contributed by atoms with Crippen LogP contribution in [-0.2, 0) is 36.4 Å². The van der Waals surface area contributed by atoms with Gasteiger partial charge in [-0.1, -0.05) is 13.0 Å². The molecule has 368 valence electrons. The van der Waals surface area contributed by atoms with E-state index in [9.17, 15) is 27.2 Å². The van der Waals surface area contributed by atoms with E-state index in [1.807, 2.05) is 42.8 Å². The third-order valence-corrected chi connectivity index (χ3v) is 11.5. The molecule has 0 aliphatic carbocycles. The first-order valence-corrected chi connectivity index (χ1v) is 22.7. The Morgan fingerprint density at radius 3 is 1.68 bits per heavy atom. The molecule has 0 atom stereocenters. The molecule has 16 nitrogen and oxygen atoms in total. The Balaban J connectivity index is 0.000000200. The number of carbonyl (C=O) groups is 2. The van der Waals surface area contributed by atoms with Crippen LogP contribution in [0.5, 0.6) is 23.0 Å². The number of hydrogen-bond donors (Lipinski definition) is 4. The number of benzene rings is 4. The van der Waals surface area contributed by atoms with E-state index in [4.69, 9.17) is 9.47 Å². The monoisotopic (exact) mass is 972 g/mol. The van der Waals surface area contributed by atoms with Crippen LogP contribution in [0.2, 0.25) is 0 Å². The van der Waals surface area contributed by atoms with E-state index in [0.29, 0.717) is 81.0 Å². The first-order chi connectivity index (χ1) is 34.0. The standard InChI is InChI=1S/C29H32F3N7O2.C22H20FN5O2/c1-4-38-9-11-39(12-10-38)18-20-13-21(29(30,31)32)15-22(14-20)35-28-36-25-16-23(5-6-26(25)37(28)3)41-24-7-8-33-27(17-24)34-19(2)40;1-13-4-6-18(17(23)10-13)26-22-27-19-11-15(5-7-20(19)28(22)3)30-16-8-9-24-21(12-16)25-14(2)29/h5-8,13-17H,4,9-12,18H2,1-3H3,(H,35,36)(H,33,34,40);4-12H,1-3H3,(H,26,27)(H,24,25,29). The lowest BCUT2D eigenvalue weighted by molar-refractivity contribution is -0.137. The van der Waals surface area contributed by atoms with E-state index < -0.39 is 11.7 Å². The summed E-state index contributed by atoms with van der Waals surface area (Å²) in [7, 11) is 3.65. The quantitative estimate of drug-likeness (QED) is 0.0809. The minimum absolute atomic E-state index is 0.209. The van der Waals surface area contributed by atoms with E-state index in [1.165, 1.54) is 32.2 Å². The Kier molecular flexibility index (Phi) is 14.8. The molecule has 0 bridgehead atoms. The molecule has 71 heavy (non-hydrogen) atoms. The second-order valence-electron chi connectivity index (χ2n) is 17.0. The number of anilines is 6. The Bertz CT molecular complexity index is 3220. The van der Waals surface area contributed by atoms with E-state index in [1.54, 1.807) is 72.4 Å². The maximum Gasteiger partial charge on any atom is 0.416 e. The topological polar surface area (TPSA) is 169 Å². The summed E-state index contributed by atoms with van der Waals surface area (Å²) in [4.78, 5) is 44.4. The second-order valence-corrected chi connectivity index (χ2v) is 17.0. The number of amides is 2. The van der Waals surface area contributed by atoms with Crippen molar-refractivity contribution in [2.24, 2.45) is 14.1 Å². The fourth-order valence-corrected chi connectivity index (χ4v) is 7.94. The Morgan fingerprint density at radius 2 is 1.17 bits per heavy atom. The summed E-state index contributed by atoms with van der Waals surface area (Å²) in [6.07, 6.45) is -1.40. The Morgan fingerprint density at radius 1 is 0.648 bits per heavy atom. The van der Waals surface area contributed by atoms with Gasteiger partial charge in [-0.3, -0.25) is 14.5 Å². The van der Waals surface area contributed by atoms with Crippen LogP contribution in [0.25, 0.3) is 22.1 Å². The number of hydrogen-bond acceptors (Lipinski definition) is 12. The maximum atomic E-state index is 14.2. The van der Waals surface area contributed by atoms with Crippen molar-refractivity contribution in [1.82, 2.24) is 38.9 Å². The largest absolute Gasteiger partial charge is 0.457 e. The number of alkyl halides is 3. The maximum absolute atomic E-state index is 14.2. The van der Waals surface area contributed by atoms with Gasteiger partial charge >= 0.3 is 6.18 Å². The van der Waals surface area contributed by atoms with Crippen molar-refractivity contribution in [3.63, 3.8) is 0 Å². The zero-order chi connectivity index (χ0) is 50.4. The van der Waals surface area contributed by atoms with Crippen LogP contribution in [0.3, 0.4) is 0 Å². The van der Waals surface area contributed by atoms with Crippen LogP contribution in [0.15, 0.2) is 109 Å². The molecule has 20 heteroatoms. The molecule has 0 saturated carbocycles. The number of likely N-dealkylation sites (N-methyl/N-ethyl adjacent to an activating group) is 1. The van der Waals surface area contributed by atoms with Gasteiger partial charge in [0.05, 0.1) is 33.3 Å². The molecule has 8 aromatic rings. The van der Waals surface area contributed by atoms with Gasteiger partial charge in [0.15, 0.2) is 0 Å². The zero-order valence-corrected chi connectivity index (χ0v) is 39.9. The molecule has 4 N–H and O–H groups in total. The van der Waals surface area contributed by atoms with Crippen LogP contribution in [0, 0.1) is 12.7 Å². The number of carbonyl (C=O) groups excluding carboxylic acids is 2. The highest BCUT2D eigenvalue weighted by molar-refractivity contribution is 5.88. The van der Waals surface area contributed by atoms with Gasteiger partial charge in [0.25, 0.3) is 0 Å². The van der Waals surface area contributed by atoms with E-state index in [0.717, 1.165) is 55.4 Å². The van der Waals surface area contributed by atoms with Crippen molar-refractivity contribution in [2.45, 2.75) is 40.4 Å². The fourth-order valence-electron chi connectivity index (χ4n) is 7.94. The smallest absolute Gasteiger partial charge is 0.416 e. The molecule has 0 radical (unpaired) electrons. The highest BCUT2D eigenvalue weighted by Crippen LogP contribution is 2.35. The summed E-state index contributed by atoms with van der Waals surface area (Å²) >= 11 is 0. The molecule has 0 unspecified atom stereocenters. The minimum Gasteiger partial charge on any atom is -0.457 e. The molecule has 1 saturated heterocycles. The predicted octanol–water partition coefficient (Wildman–Crippen LogP) is 10.5. The third kappa shape index (κ3) is 12.6. The van der Waals surface area contributed by atoms with Gasteiger partial charge in [-0.05, 0) is 91.3 Å². The summed E-state index contributed by atoms with van der Waals surface area (Å²) in [6, 6.07) is 26.5. The number of rotatable bonds is 13. The fraction of sp³-hybridized carbons (Fsp3) is 0.255. The zero-order valence-electron chi connectivity index (χ0n) is 39.9. The van der Waals surface area contributed by atoms with Crippen molar-refractivity contribution in [3.05, 3.63) is 132 Å². The number of aromatic nitrogens is 6. The van der Waals surface area contributed by atoms with Crippen LogP contribution < -0.4 is 30.7 Å². The van der Waals surface area contributed by atoms with Gasteiger partial charge in [-0.15, -0.1) is 0 Å². The number of piperazine rings is 1. The van der Waals surface area contributed by atoms with Gasteiger partial charge in [-0.2, -0.15) is 13.2 Å². The molecule has 0 spiro atoms. The van der Waals surface area contributed by atoms with Crippen LogP contribution in [0.1, 0.15) is 37.5 Å². The van der Waals surface area contributed by atoms with Crippen LogP contribution in [0.4, 0.5) is 52.5 Å². The van der Waals surface area contributed by atoms with Gasteiger partial charge in [0, 0.05) is 103 Å². The van der Waals surface area contributed by atoms with Crippen molar-refractivity contribution in [1.29, 1.82) is 0 Å². The molecule has 2 amide bonds. The molecule has 1 aliphatic rings. The summed E-state index contributed by atoms with van der Waals surface area (Å²) in [5, 5.41) is 11.4. The number of aryl methyl sites for hydroxylation is 3. The number of halogens is 4. The van der Waals surface area contributed by atoms with Crippen molar-refractivity contribution in [3.8, 4) is 23.0 Å². The molecular weight excluding hydrogens is 921 g/mol. The van der Waals surface area contributed by atoms with E-state index in [-0.39, 0.29) is 17.6 Å². The summed E-state index contributed by atoms with van der Waals surface area (Å²) in [5.41, 5.74) is 4.36. The Labute approximate surface area is 406 Å². The molecule has 1 aliphatic heterocycles. The predicted molar refractivity (Wildman–Crippen MR) is 265 cm³/mol. The van der Waals surface area contributed by atoms with Gasteiger partial charge in [0.2, 0.25) is 23.7 Å². The number of fused-ring (bicyclic) bond motifs is 2. The minimum atomic E-state index is -4.47. The molecule has 4 aromatic heterocycles. The first-order valence-electron chi connectivity index (χ1n) is 22.7. The van der Waals surface area contributed by atoms with E-state index in [2.05, 4.69) is 57.9 Å². The highest BCUT2D eigenvalue weighted by Gasteiger charge is 2.32. The van der Waals surface area contributed by atoms with Crippen LogP contribution >= 0.6 is 0 Å². The van der Waals surface area contributed by atoms with Crippen molar-refractivity contribution < 1.29 is 36.6 Å². The number of imidazole rings is 2. The lowest BCUT2D eigenvalue weighted by atomic mass is 10.1. The van der Waals surface area contributed by atoms with Gasteiger partial charge in [-0.25, -0.2) is 24.3 Å². The molecular formula is C51H52F4N12O4. The summed E-state index contributed by atoms with van der Waals surface area (Å²) in [5.74, 6) is 2.99. The number of ether oxygens (including phenoxy) is 2. The summed E-state index contributed by atoms with van der Waals surface area (Å²) in [6.45, 7) is 11.6. The van der Waals surface area contributed by atoms with Gasteiger partial charge in [0.1, 0.15) is 40.5 Å². The summed E-state index contributed by atoms with van der Waals surface area (Å²) < 4.78 is 71.1. The lowest BCUT2D eigenvalue weighted by Gasteiger charge is -2.34. The van der Waals surface area contributed by atoms with Gasteiger partial charge < -0.3 is 44.8 Å². The molecule has 1 fully saturated rings. The van der Waals surface area contributed by atoms with E-state index >= 15 is 0 Å². The van der Waals surface area contributed by atoms with Crippen LogP contribution in [-0.4, -0.2) is 83.4 Å². The molecule has 9 rings (SSSR count). The third-order valence-electron chi connectivity index (χ3n) is 11.5. The average Bonchev–Trinajstić information content (AvgIpc) is 3.79. The number of pyridine rings is 2. The average molecular weight is 973 g/mol. The highest BCUT2D eigenvalue weighted by atomic mass is 19.4. The SMILES string of the molecule is CC(=O)Nc1cc(Oc2ccc3c(c2)nc(Nc2ccc(C)cc2F)n3C)ccn1.CCN1CCN(Cc2cc(Nc3nc4cc(Oc5ccnc(NC(C)=O)c5)ccc4n3C)cc(C(F)(F)F)c2)CC1. The number of nitrogens with one attached hydrogen (secondary N) is 4. The normalized spacial score (nSPS) is 13.1. The Hall–Kier alpha value is -8.10. The lowest BCUT2D eigenvalue weighted by Crippen LogP contribution is -2.45. The van der Waals surface area contributed by atoms with Crippen molar-refractivity contribution in [2.75, 3.05) is 54.0 Å². The van der Waals surface area contributed by atoms with Crippen molar-refractivity contribution >= 4 is 68.8 Å².